The average molecular weight is 401 g/mol. The highest BCUT2D eigenvalue weighted by molar-refractivity contribution is 7.89. The van der Waals surface area contributed by atoms with E-state index in [2.05, 4.69) is 5.32 Å². The molecule has 0 aliphatic heterocycles. The molecule has 0 aliphatic rings. The number of hydrogen-bond acceptors (Lipinski definition) is 4. The molecule has 0 spiro atoms. The highest BCUT2D eigenvalue weighted by atomic mass is 32.2. The van der Waals surface area contributed by atoms with Crippen molar-refractivity contribution in [1.82, 2.24) is 5.32 Å². The summed E-state index contributed by atoms with van der Waals surface area (Å²) in [6.45, 7) is 2.33. The first-order valence-electron chi connectivity index (χ1n) is 8.68. The molecule has 0 unspecified atom stereocenters. The largest absolute Gasteiger partial charge is 0.455 e. The van der Waals surface area contributed by atoms with Crippen molar-refractivity contribution in [3.63, 3.8) is 0 Å². The molecular weight excluding hydrogens is 381 g/mol. The Labute approximate surface area is 163 Å². The lowest BCUT2D eigenvalue weighted by atomic mass is 10.1. The number of halogens is 1. The first-order valence-corrected chi connectivity index (χ1v) is 10.5. The molecule has 0 radical (unpaired) electrons. The standard InChI is InChI=1S/C21H20FNO4S/c1-15-2-4-16(5-3-15)12-23-21(24)20-11-10-19(27-20)14-28(25,26)13-17-6-8-18(22)9-7-17/h2-11H,12-14H2,1H3,(H,23,24). The second-order valence-electron chi connectivity index (χ2n) is 6.59. The van der Waals surface area contributed by atoms with Crippen LogP contribution in [0.2, 0.25) is 0 Å². The van der Waals surface area contributed by atoms with E-state index >= 15 is 0 Å². The van der Waals surface area contributed by atoms with E-state index in [1.165, 1.54) is 36.4 Å². The van der Waals surface area contributed by atoms with Crippen molar-refractivity contribution in [2.75, 3.05) is 0 Å². The molecule has 0 fully saturated rings. The molecule has 1 amide bonds. The zero-order chi connectivity index (χ0) is 20.1. The van der Waals surface area contributed by atoms with E-state index in [9.17, 15) is 17.6 Å². The fourth-order valence-electron chi connectivity index (χ4n) is 2.66. The van der Waals surface area contributed by atoms with Crippen molar-refractivity contribution >= 4 is 15.7 Å². The van der Waals surface area contributed by atoms with Crippen LogP contribution in [0, 0.1) is 12.7 Å². The number of sulfone groups is 1. The maximum absolute atomic E-state index is 12.9. The summed E-state index contributed by atoms with van der Waals surface area (Å²) >= 11 is 0. The third-order valence-corrected chi connectivity index (χ3v) is 5.62. The van der Waals surface area contributed by atoms with Crippen LogP contribution in [-0.4, -0.2) is 14.3 Å². The summed E-state index contributed by atoms with van der Waals surface area (Å²) in [5.41, 5.74) is 2.57. The Morgan fingerprint density at radius 1 is 0.929 bits per heavy atom. The van der Waals surface area contributed by atoms with E-state index < -0.39 is 21.6 Å². The molecule has 3 aromatic rings. The predicted octanol–water partition coefficient (Wildman–Crippen LogP) is 3.77. The SMILES string of the molecule is Cc1ccc(CNC(=O)c2ccc(CS(=O)(=O)Cc3ccc(F)cc3)o2)cc1. The van der Waals surface area contributed by atoms with Crippen LogP contribution in [0.4, 0.5) is 4.39 Å². The monoisotopic (exact) mass is 401 g/mol. The van der Waals surface area contributed by atoms with Crippen LogP contribution in [0.15, 0.2) is 65.1 Å². The van der Waals surface area contributed by atoms with Gasteiger partial charge in [0.05, 0.1) is 5.75 Å². The van der Waals surface area contributed by atoms with Gasteiger partial charge in [-0.25, -0.2) is 12.8 Å². The lowest BCUT2D eigenvalue weighted by Crippen LogP contribution is -2.22. The Morgan fingerprint density at radius 3 is 2.25 bits per heavy atom. The van der Waals surface area contributed by atoms with E-state index in [1.807, 2.05) is 31.2 Å². The Bertz CT molecular complexity index is 1050. The number of aryl methyl sites for hydroxylation is 1. The number of benzene rings is 2. The molecule has 1 aromatic heterocycles. The Morgan fingerprint density at radius 2 is 1.57 bits per heavy atom. The average Bonchev–Trinajstić information content (AvgIpc) is 3.10. The lowest BCUT2D eigenvalue weighted by Gasteiger charge is -2.05. The van der Waals surface area contributed by atoms with Crippen molar-refractivity contribution in [3.05, 3.63) is 94.7 Å². The number of carbonyl (C=O) groups is 1. The van der Waals surface area contributed by atoms with Crippen molar-refractivity contribution in [3.8, 4) is 0 Å². The molecule has 0 saturated heterocycles. The molecule has 1 N–H and O–H groups in total. The summed E-state index contributed by atoms with van der Waals surface area (Å²) in [5.74, 6) is -1.17. The fraction of sp³-hybridized carbons (Fsp3) is 0.190. The molecule has 1 heterocycles. The van der Waals surface area contributed by atoms with Crippen molar-refractivity contribution in [2.45, 2.75) is 25.0 Å². The number of hydrogen-bond donors (Lipinski definition) is 1. The topological polar surface area (TPSA) is 76.4 Å². The molecule has 2 aromatic carbocycles. The molecule has 5 nitrogen and oxygen atoms in total. The number of carbonyl (C=O) groups excluding carboxylic acids is 1. The van der Waals surface area contributed by atoms with Crippen LogP contribution in [0.1, 0.15) is 33.0 Å². The number of rotatable bonds is 7. The first kappa shape index (κ1) is 19.8. The van der Waals surface area contributed by atoms with Crippen LogP contribution < -0.4 is 5.32 Å². The zero-order valence-electron chi connectivity index (χ0n) is 15.3. The molecule has 0 aliphatic carbocycles. The second kappa shape index (κ2) is 8.39. The summed E-state index contributed by atoms with van der Waals surface area (Å²) in [4.78, 5) is 12.2. The van der Waals surface area contributed by atoms with Crippen molar-refractivity contribution in [2.24, 2.45) is 0 Å². The van der Waals surface area contributed by atoms with E-state index in [4.69, 9.17) is 4.42 Å². The van der Waals surface area contributed by atoms with Crippen LogP contribution >= 0.6 is 0 Å². The maximum Gasteiger partial charge on any atom is 0.287 e. The third-order valence-electron chi connectivity index (χ3n) is 4.12. The molecular formula is C21H20FNO4S. The van der Waals surface area contributed by atoms with Crippen molar-refractivity contribution in [1.29, 1.82) is 0 Å². The fourth-order valence-corrected chi connectivity index (χ4v) is 4.05. The van der Waals surface area contributed by atoms with Crippen LogP contribution in [0.5, 0.6) is 0 Å². The van der Waals surface area contributed by atoms with Gasteiger partial charge < -0.3 is 9.73 Å². The Kier molecular flexibility index (Phi) is 5.94. The van der Waals surface area contributed by atoms with Gasteiger partial charge in [-0.3, -0.25) is 4.79 Å². The third kappa shape index (κ3) is 5.53. The molecule has 0 saturated carbocycles. The van der Waals surface area contributed by atoms with Gasteiger partial charge in [-0.1, -0.05) is 42.0 Å². The maximum atomic E-state index is 12.9. The van der Waals surface area contributed by atoms with E-state index in [0.717, 1.165) is 11.1 Å². The highest BCUT2D eigenvalue weighted by Crippen LogP contribution is 2.16. The molecule has 146 valence electrons. The van der Waals surface area contributed by atoms with Crippen LogP contribution in [0.25, 0.3) is 0 Å². The van der Waals surface area contributed by atoms with Crippen molar-refractivity contribution < 1.29 is 22.0 Å². The molecule has 3 rings (SSSR count). The number of amides is 1. The summed E-state index contributed by atoms with van der Waals surface area (Å²) in [6, 6.07) is 16.0. The van der Waals surface area contributed by atoms with Gasteiger partial charge in [0.15, 0.2) is 15.6 Å². The van der Waals surface area contributed by atoms with Crippen LogP contribution in [-0.2, 0) is 27.9 Å². The first-order chi connectivity index (χ1) is 13.3. The van der Waals surface area contributed by atoms with Gasteiger partial charge in [0.2, 0.25) is 0 Å². The summed E-state index contributed by atoms with van der Waals surface area (Å²) in [5, 5.41) is 2.74. The van der Waals surface area contributed by atoms with E-state index in [-0.39, 0.29) is 23.0 Å². The second-order valence-corrected chi connectivity index (χ2v) is 8.66. The minimum atomic E-state index is -3.52. The minimum Gasteiger partial charge on any atom is -0.455 e. The summed E-state index contributed by atoms with van der Waals surface area (Å²) in [7, 11) is -3.52. The quantitative estimate of drug-likeness (QED) is 0.654. The Balaban J connectivity index is 1.58. The minimum absolute atomic E-state index is 0.0547. The van der Waals surface area contributed by atoms with Gasteiger partial charge in [0.1, 0.15) is 17.3 Å². The molecule has 28 heavy (non-hydrogen) atoms. The lowest BCUT2D eigenvalue weighted by molar-refractivity contribution is 0.0921. The van der Waals surface area contributed by atoms with E-state index in [1.54, 1.807) is 0 Å². The summed E-state index contributed by atoms with van der Waals surface area (Å²) in [6.07, 6.45) is 0. The predicted molar refractivity (Wildman–Crippen MR) is 104 cm³/mol. The van der Waals surface area contributed by atoms with Gasteiger partial charge in [-0.15, -0.1) is 0 Å². The van der Waals surface area contributed by atoms with Crippen LogP contribution in [0.3, 0.4) is 0 Å². The van der Waals surface area contributed by atoms with Gasteiger partial charge >= 0.3 is 0 Å². The van der Waals surface area contributed by atoms with Gasteiger partial charge in [-0.05, 0) is 42.3 Å². The Hall–Kier alpha value is -2.93. The molecule has 0 bridgehead atoms. The number of nitrogens with one attached hydrogen (secondary N) is 1. The summed E-state index contributed by atoms with van der Waals surface area (Å²) < 4.78 is 43.0. The van der Waals surface area contributed by atoms with Gasteiger partial charge in [0.25, 0.3) is 5.91 Å². The number of furan rings is 1. The van der Waals surface area contributed by atoms with Gasteiger partial charge in [0, 0.05) is 6.54 Å². The van der Waals surface area contributed by atoms with Gasteiger partial charge in [-0.2, -0.15) is 0 Å². The highest BCUT2D eigenvalue weighted by Gasteiger charge is 2.18. The zero-order valence-corrected chi connectivity index (χ0v) is 16.1. The normalized spacial score (nSPS) is 11.4. The smallest absolute Gasteiger partial charge is 0.287 e. The van der Waals surface area contributed by atoms with E-state index in [0.29, 0.717) is 12.1 Å². The molecule has 7 heteroatoms. The molecule has 0 atom stereocenters.